The molecule has 0 radical (unpaired) electrons. The molecule has 2 aromatic rings. The Labute approximate surface area is 121 Å². The summed E-state index contributed by atoms with van der Waals surface area (Å²) in [6, 6.07) is 16.0. The topological polar surface area (TPSA) is 15.3 Å². The predicted octanol–water partition coefficient (Wildman–Crippen LogP) is 3.44. The lowest BCUT2D eigenvalue weighted by Crippen LogP contribution is -2.27. The first-order valence-corrected chi connectivity index (χ1v) is 7.65. The molecule has 2 heteroatoms. The van der Waals surface area contributed by atoms with Crippen LogP contribution in [0.5, 0.6) is 0 Å². The summed E-state index contributed by atoms with van der Waals surface area (Å²) in [7, 11) is 2.05. The standard InChI is InChI=1S/C18H24N2/c1-14(20-10-9-15(13-20)12-19-2)17-8-7-16-5-3-4-6-18(16)11-17/h3-8,11,14-15,19H,9-10,12-13H2,1-2H3. The summed E-state index contributed by atoms with van der Waals surface area (Å²) >= 11 is 0. The molecule has 0 aromatic heterocycles. The Balaban J connectivity index is 1.77. The van der Waals surface area contributed by atoms with E-state index in [-0.39, 0.29) is 0 Å². The minimum atomic E-state index is 0.515. The molecule has 1 fully saturated rings. The van der Waals surface area contributed by atoms with E-state index in [1.54, 1.807) is 0 Å². The van der Waals surface area contributed by atoms with E-state index in [4.69, 9.17) is 0 Å². The fourth-order valence-corrected chi connectivity index (χ4v) is 3.35. The molecule has 1 aliphatic rings. The summed E-state index contributed by atoms with van der Waals surface area (Å²) < 4.78 is 0. The van der Waals surface area contributed by atoms with Gasteiger partial charge in [0.05, 0.1) is 0 Å². The van der Waals surface area contributed by atoms with Crippen LogP contribution in [0.4, 0.5) is 0 Å². The van der Waals surface area contributed by atoms with Crippen molar-refractivity contribution in [3.8, 4) is 0 Å². The third-order valence-electron chi connectivity index (χ3n) is 4.61. The number of benzene rings is 2. The summed E-state index contributed by atoms with van der Waals surface area (Å²) in [4.78, 5) is 2.62. The first-order valence-electron chi connectivity index (χ1n) is 7.65. The van der Waals surface area contributed by atoms with Gasteiger partial charge in [-0.3, -0.25) is 4.90 Å². The van der Waals surface area contributed by atoms with Crippen molar-refractivity contribution in [3.05, 3.63) is 48.0 Å². The molecule has 106 valence electrons. The largest absolute Gasteiger partial charge is 0.319 e. The van der Waals surface area contributed by atoms with E-state index in [9.17, 15) is 0 Å². The summed E-state index contributed by atoms with van der Waals surface area (Å²) in [5.41, 5.74) is 1.44. The molecule has 2 unspecified atom stereocenters. The summed E-state index contributed by atoms with van der Waals surface area (Å²) in [5.74, 6) is 0.808. The molecule has 0 bridgehead atoms. The monoisotopic (exact) mass is 268 g/mol. The van der Waals surface area contributed by atoms with Crippen LogP contribution in [0.1, 0.15) is 24.9 Å². The Morgan fingerprint density at radius 2 is 2.00 bits per heavy atom. The average molecular weight is 268 g/mol. The number of rotatable bonds is 4. The molecule has 2 aromatic carbocycles. The highest BCUT2D eigenvalue weighted by atomic mass is 15.2. The molecule has 0 spiro atoms. The van der Waals surface area contributed by atoms with Gasteiger partial charge in [-0.1, -0.05) is 36.4 Å². The van der Waals surface area contributed by atoms with Crippen LogP contribution in [0.25, 0.3) is 10.8 Å². The van der Waals surface area contributed by atoms with Crippen molar-refractivity contribution in [2.24, 2.45) is 5.92 Å². The van der Waals surface area contributed by atoms with Gasteiger partial charge < -0.3 is 5.32 Å². The van der Waals surface area contributed by atoms with Gasteiger partial charge in [-0.2, -0.15) is 0 Å². The van der Waals surface area contributed by atoms with Crippen LogP contribution in [0.15, 0.2) is 42.5 Å². The molecule has 3 rings (SSSR count). The molecule has 1 saturated heterocycles. The average Bonchev–Trinajstić information content (AvgIpc) is 2.95. The third-order valence-corrected chi connectivity index (χ3v) is 4.61. The van der Waals surface area contributed by atoms with Crippen LogP contribution in [0.3, 0.4) is 0 Å². The van der Waals surface area contributed by atoms with Crippen molar-refractivity contribution in [1.82, 2.24) is 10.2 Å². The first kappa shape index (κ1) is 13.6. The van der Waals surface area contributed by atoms with E-state index < -0.39 is 0 Å². The van der Waals surface area contributed by atoms with E-state index in [1.807, 2.05) is 0 Å². The van der Waals surface area contributed by atoms with Crippen LogP contribution < -0.4 is 5.32 Å². The van der Waals surface area contributed by atoms with E-state index >= 15 is 0 Å². The molecule has 0 aliphatic carbocycles. The fourth-order valence-electron chi connectivity index (χ4n) is 3.35. The van der Waals surface area contributed by atoms with Gasteiger partial charge in [0.1, 0.15) is 0 Å². The molecule has 1 heterocycles. The van der Waals surface area contributed by atoms with Crippen LogP contribution >= 0.6 is 0 Å². The fraction of sp³-hybridized carbons (Fsp3) is 0.444. The number of fused-ring (bicyclic) bond motifs is 1. The highest BCUT2D eigenvalue weighted by molar-refractivity contribution is 5.83. The number of hydrogen-bond acceptors (Lipinski definition) is 2. The maximum absolute atomic E-state index is 3.31. The highest BCUT2D eigenvalue weighted by Crippen LogP contribution is 2.29. The van der Waals surface area contributed by atoms with Gasteiger partial charge in [0.15, 0.2) is 0 Å². The minimum absolute atomic E-state index is 0.515. The highest BCUT2D eigenvalue weighted by Gasteiger charge is 2.26. The quantitative estimate of drug-likeness (QED) is 0.913. The first-order chi connectivity index (χ1) is 9.78. The van der Waals surface area contributed by atoms with Gasteiger partial charge in [0.2, 0.25) is 0 Å². The maximum Gasteiger partial charge on any atom is 0.0320 e. The lowest BCUT2D eigenvalue weighted by molar-refractivity contribution is 0.252. The Bertz CT molecular complexity index is 578. The molecule has 1 N–H and O–H groups in total. The Morgan fingerprint density at radius 3 is 2.80 bits per heavy atom. The van der Waals surface area contributed by atoms with Crippen molar-refractivity contribution in [3.63, 3.8) is 0 Å². The second-order valence-electron chi connectivity index (χ2n) is 5.99. The SMILES string of the molecule is CNCC1CCN(C(C)c2ccc3ccccc3c2)C1. The molecule has 0 saturated carbocycles. The second kappa shape index (κ2) is 5.94. The zero-order valence-corrected chi connectivity index (χ0v) is 12.5. The van der Waals surface area contributed by atoms with Gasteiger partial charge >= 0.3 is 0 Å². The van der Waals surface area contributed by atoms with Crippen molar-refractivity contribution in [2.75, 3.05) is 26.7 Å². The zero-order chi connectivity index (χ0) is 13.9. The summed E-state index contributed by atoms with van der Waals surface area (Å²) in [5, 5.41) is 5.99. The van der Waals surface area contributed by atoms with E-state index in [1.165, 1.54) is 35.8 Å². The van der Waals surface area contributed by atoms with Crippen molar-refractivity contribution < 1.29 is 0 Å². The molecule has 20 heavy (non-hydrogen) atoms. The van der Waals surface area contributed by atoms with Gasteiger partial charge in [-0.05, 0) is 61.8 Å². The number of hydrogen-bond donors (Lipinski definition) is 1. The van der Waals surface area contributed by atoms with Gasteiger partial charge in [-0.15, -0.1) is 0 Å². The number of nitrogens with zero attached hydrogens (tertiary/aromatic N) is 1. The maximum atomic E-state index is 3.31. The van der Waals surface area contributed by atoms with Crippen molar-refractivity contribution >= 4 is 10.8 Å². The van der Waals surface area contributed by atoms with Gasteiger partial charge in [-0.25, -0.2) is 0 Å². The van der Waals surface area contributed by atoms with Crippen molar-refractivity contribution in [1.29, 1.82) is 0 Å². The van der Waals surface area contributed by atoms with E-state index in [0.29, 0.717) is 6.04 Å². The van der Waals surface area contributed by atoms with Gasteiger partial charge in [0.25, 0.3) is 0 Å². The smallest absolute Gasteiger partial charge is 0.0320 e. The molecular weight excluding hydrogens is 244 g/mol. The Hall–Kier alpha value is -1.38. The summed E-state index contributed by atoms with van der Waals surface area (Å²) in [6.45, 7) is 5.92. The summed E-state index contributed by atoms with van der Waals surface area (Å²) in [6.07, 6.45) is 1.32. The number of likely N-dealkylation sites (tertiary alicyclic amines) is 1. The normalized spacial score (nSPS) is 21.4. The second-order valence-corrected chi connectivity index (χ2v) is 5.99. The lowest BCUT2D eigenvalue weighted by Gasteiger charge is -2.25. The van der Waals surface area contributed by atoms with E-state index in [2.05, 4.69) is 66.7 Å². The zero-order valence-electron chi connectivity index (χ0n) is 12.5. The third kappa shape index (κ3) is 2.72. The molecule has 0 amide bonds. The number of nitrogens with one attached hydrogen (secondary N) is 1. The molecule has 2 nitrogen and oxygen atoms in total. The van der Waals surface area contributed by atoms with Crippen LogP contribution in [-0.4, -0.2) is 31.6 Å². The van der Waals surface area contributed by atoms with Gasteiger partial charge in [0, 0.05) is 12.6 Å². The molecule has 2 atom stereocenters. The van der Waals surface area contributed by atoms with Crippen LogP contribution in [0.2, 0.25) is 0 Å². The predicted molar refractivity (Wildman–Crippen MR) is 86.0 cm³/mol. The van der Waals surface area contributed by atoms with E-state index in [0.717, 1.165) is 12.5 Å². The lowest BCUT2D eigenvalue weighted by atomic mass is 10.0. The van der Waals surface area contributed by atoms with Crippen molar-refractivity contribution in [2.45, 2.75) is 19.4 Å². The minimum Gasteiger partial charge on any atom is -0.319 e. The Morgan fingerprint density at radius 1 is 1.20 bits per heavy atom. The van der Waals surface area contributed by atoms with Crippen LogP contribution in [0, 0.1) is 5.92 Å². The Kier molecular flexibility index (Phi) is 4.04. The molecular formula is C18H24N2. The molecule has 1 aliphatic heterocycles. The van der Waals surface area contributed by atoms with Crippen LogP contribution in [-0.2, 0) is 0 Å².